The highest BCUT2D eigenvalue weighted by Crippen LogP contribution is 2.15. The van der Waals surface area contributed by atoms with Gasteiger partial charge in [-0.3, -0.25) is 4.79 Å². The highest BCUT2D eigenvalue weighted by molar-refractivity contribution is 5.80. The van der Waals surface area contributed by atoms with Gasteiger partial charge in [-0.15, -0.1) is 0 Å². The highest BCUT2D eigenvalue weighted by Gasteiger charge is 2.24. The average molecular weight is 251 g/mol. The second-order valence-corrected chi connectivity index (χ2v) is 4.61. The summed E-state index contributed by atoms with van der Waals surface area (Å²) in [5, 5.41) is 0. The number of carbonyl (C=O) groups excluding carboxylic acids is 1. The standard InChI is InChI=1S/C13H21N3O2/c1-3-4-12-14-5-6-16(12)11(2)13(17)15-7-9-18-10-8-15/h5-6,11H,3-4,7-10H2,1-2H3. The fraction of sp³-hybridized carbons (Fsp3) is 0.692. The SMILES string of the molecule is CCCc1nccn1C(C)C(=O)N1CCOCC1. The number of aromatic nitrogens is 2. The summed E-state index contributed by atoms with van der Waals surface area (Å²) in [5.41, 5.74) is 0. The van der Waals surface area contributed by atoms with Crippen LogP contribution in [-0.2, 0) is 16.0 Å². The number of amides is 1. The third kappa shape index (κ3) is 2.72. The second-order valence-electron chi connectivity index (χ2n) is 4.61. The van der Waals surface area contributed by atoms with E-state index in [0.29, 0.717) is 26.3 Å². The molecule has 1 saturated heterocycles. The van der Waals surface area contributed by atoms with Crippen LogP contribution < -0.4 is 0 Å². The number of carbonyl (C=O) groups is 1. The molecule has 100 valence electrons. The Balaban J connectivity index is 2.07. The largest absolute Gasteiger partial charge is 0.378 e. The summed E-state index contributed by atoms with van der Waals surface area (Å²) in [6.45, 7) is 6.74. The van der Waals surface area contributed by atoms with Gasteiger partial charge in [0.25, 0.3) is 0 Å². The van der Waals surface area contributed by atoms with Gasteiger partial charge < -0.3 is 14.2 Å². The van der Waals surface area contributed by atoms with Crippen molar-refractivity contribution >= 4 is 5.91 Å². The molecule has 0 saturated carbocycles. The first-order valence-corrected chi connectivity index (χ1v) is 6.62. The molecule has 0 aliphatic carbocycles. The second kappa shape index (κ2) is 6.00. The minimum atomic E-state index is -0.174. The number of hydrogen-bond donors (Lipinski definition) is 0. The first kappa shape index (κ1) is 13.1. The van der Waals surface area contributed by atoms with E-state index in [-0.39, 0.29) is 11.9 Å². The Labute approximate surface area is 108 Å². The Morgan fingerprint density at radius 1 is 1.50 bits per heavy atom. The van der Waals surface area contributed by atoms with Crippen LogP contribution in [0.3, 0.4) is 0 Å². The van der Waals surface area contributed by atoms with Crippen molar-refractivity contribution < 1.29 is 9.53 Å². The molecule has 1 fully saturated rings. The summed E-state index contributed by atoms with van der Waals surface area (Å²) >= 11 is 0. The molecule has 18 heavy (non-hydrogen) atoms. The molecule has 1 aliphatic rings. The van der Waals surface area contributed by atoms with Crippen LogP contribution in [0.15, 0.2) is 12.4 Å². The number of rotatable bonds is 4. The van der Waals surface area contributed by atoms with E-state index in [0.717, 1.165) is 18.7 Å². The molecule has 0 aromatic carbocycles. The van der Waals surface area contributed by atoms with E-state index in [2.05, 4.69) is 11.9 Å². The number of morpholine rings is 1. The number of hydrogen-bond acceptors (Lipinski definition) is 3. The van der Waals surface area contributed by atoms with Crippen molar-refractivity contribution in [3.63, 3.8) is 0 Å². The topological polar surface area (TPSA) is 47.4 Å². The van der Waals surface area contributed by atoms with Crippen LogP contribution >= 0.6 is 0 Å². The molecule has 1 aliphatic heterocycles. The van der Waals surface area contributed by atoms with Crippen LogP contribution in [-0.4, -0.2) is 46.7 Å². The lowest BCUT2D eigenvalue weighted by molar-refractivity contribution is -0.138. The molecule has 5 nitrogen and oxygen atoms in total. The summed E-state index contributed by atoms with van der Waals surface area (Å²) in [4.78, 5) is 18.6. The van der Waals surface area contributed by atoms with Crippen LogP contribution in [0, 0.1) is 0 Å². The van der Waals surface area contributed by atoms with Gasteiger partial charge in [-0.25, -0.2) is 4.98 Å². The fourth-order valence-electron chi connectivity index (χ4n) is 2.28. The monoisotopic (exact) mass is 251 g/mol. The van der Waals surface area contributed by atoms with Crippen molar-refractivity contribution in [3.8, 4) is 0 Å². The van der Waals surface area contributed by atoms with Crippen molar-refractivity contribution in [2.75, 3.05) is 26.3 Å². The molecule has 0 bridgehead atoms. The van der Waals surface area contributed by atoms with E-state index < -0.39 is 0 Å². The van der Waals surface area contributed by atoms with E-state index >= 15 is 0 Å². The van der Waals surface area contributed by atoms with Gasteiger partial charge in [-0.1, -0.05) is 6.92 Å². The number of aryl methyl sites for hydroxylation is 1. The van der Waals surface area contributed by atoms with Gasteiger partial charge >= 0.3 is 0 Å². The highest BCUT2D eigenvalue weighted by atomic mass is 16.5. The Bertz CT molecular complexity index is 397. The number of imidazole rings is 1. The molecule has 1 aromatic rings. The van der Waals surface area contributed by atoms with E-state index in [1.54, 1.807) is 6.20 Å². The zero-order chi connectivity index (χ0) is 13.0. The fourth-order valence-corrected chi connectivity index (χ4v) is 2.28. The van der Waals surface area contributed by atoms with Crippen molar-refractivity contribution in [2.45, 2.75) is 32.7 Å². The van der Waals surface area contributed by atoms with E-state index in [1.165, 1.54) is 0 Å². The molecule has 1 atom stereocenters. The zero-order valence-electron chi connectivity index (χ0n) is 11.1. The Hall–Kier alpha value is -1.36. The van der Waals surface area contributed by atoms with E-state index in [1.807, 2.05) is 22.6 Å². The summed E-state index contributed by atoms with van der Waals surface area (Å²) in [6.07, 6.45) is 5.62. The summed E-state index contributed by atoms with van der Waals surface area (Å²) < 4.78 is 7.26. The molecule has 2 rings (SSSR count). The van der Waals surface area contributed by atoms with Crippen LogP contribution in [0.2, 0.25) is 0 Å². The maximum atomic E-state index is 12.4. The quantitative estimate of drug-likeness (QED) is 0.809. The lowest BCUT2D eigenvalue weighted by Gasteiger charge is -2.30. The Morgan fingerprint density at radius 2 is 2.22 bits per heavy atom. The van der Waals surface area contributed by atoms with Gasteiger partial charge in [0.15, 0.2) is 0 Å². The number of ether oxygens (including phenoxy) is 1. The van der Waals surface area contributed by atoms with Gasteiger partial charge in [0.05, 0.1) is 13.2 Å². The first-order chi connectivity index (χ1) is 8.74. The van der Waals surface area contributed by atoms with Gasteiger partial charge in [0, 0.05) is 31.9 Å². The van der Waals surface area contributed by atoms with Crippen molar-refractivity contribution in [1.82, 2.24) is 14.5 Å². The van der Waals surface area contributed by atoms with Gasteiger partial charge in [0.2, 0.25) is 5.91 Å². The van der Waals surface area contributed by atoms with Crippen LogP contribution in [0.4, 0.5) is 0 Å². The molecular formula is C13H21N3O2. The lowest BCUT2D eigenvalue weighted by atomic mass is 10.2. The minimum Gasteiger partial charge on any atom is -0.378 e. The third-order valence-corrected chi connectivity index (χ3v) is 3.32. The van der Waals surface area contributed by atoms with Crippen molar-refractivity contribution in [3.05, 3.63) is 18.2 Å². The van der Waals surface area contributed by atoms with Gasteiger partial charge in [0.1, 0.15) is 11.9 Å². The molecule has 0 radical (unpaired) electrons. The number of nitrogens with zero attached hydrogens (tertiary/aromatic N) is 3. The maximum absolute atomic E-state index is 12.4. The van der Waals surface area contributed by atoms with Crippen LogP contribution in [0.25, 0.3) is 0 Å². The molecule has 0 spiro atoms. The molecule has 5 heteroatoms. The normalized spacial score (nSPS) is 17.8. The minimum absolute atomic E-state index is 0.161. The lowest BCUT2D eigenvalue weighted by Crippen LogP contribution is -2.43. The predicted octanol–water partition coefficient (Wildman–Crippen LogP) is 1.26. The van der Waals surface area contributed by atoms with Gasteiger partial charge in [-0.2, -0.15) is 0 Å². The average Bonchev–Trinajstić information content (AvgIpc) is 2.87. The first-order valence-electron chi connectivity index (χ1n) is 6.62. The summed E-state index contributed by atoms with van der Waals surface area (Å²) in [5.74, 6) is 1.15. The van der Waals surface area contributed by atoms with E-state index in [4.69, 9.17) is 4.74 Å². The van der Waals surface area contributed by atoms with Crippen molar-refractivity contribution in [1.29, 1.82) is 0 Å². The molecule has 1 aromatic heterocycles. The Morgan fingerprint density at radius 3 is 2.89 bits per heavy atom. The molecule has 1 unspecified atom stereocenters. The molecule has 2 heterocycles. The maximum Gasteiger partial charge on any atom is 0.245 e. The predicted molar refractivity (Wildman–Crippen MR) is 68.3 cm³/mol. The smallest absolute Gasteiger partial charge is 0.245 e. The Kier molecular flexibility index (Phi) is 4.36. The third-order valence-electron chi connectivity index (χ3n) is 3.32. The van der Waals surface area contributed by atoms with E-state index in [9.17, 15) is 4.79 Å². The zero-order valence-corrected chi connectivity index (χ0v) is 11.1. The van der Waals surface area contributed by atoms with Crippen LogP contribution in [0.5, 0.6) is 0 Å². The summed E-state index contributed by atoms with van der Waals surface area (Å²) in [7, 11) is 0. The van der Waals surface area contributed by atoms with Crippen molar-refractivity contribution in [2.24, 2.45) is 0 Å². The summed E-state index contributed by atoms with van der Waals surface area (Å²) in [6, 6.07) is -0.174. The van der Waals surface area contributed by atoms with Gasteiger partial charge in [-0.05, 0) is 13.3 Å². The van der Waals surface area contributed by atoms with Crippen LogP contribution in [0.1, 0.15) is 32.1 Å². The molecular weight excluding hydrogens is 230 g/mol. The molecule has 1 amide bonds. The molecule has 0 N–H and O–H groups in total.